The number of hydrogen-bond donors (Lipinski definition) is 1. The number of alkyl carbamates (subject to hydrolysis) is 1. The lowest BCUT2D eigenvalue weighted by molar-refractivity contribution is 0.0327. The number of benzene rings is 1. The molecule has 0 aromatic heterocycles. The standard InChI is InChI=1S/C20H30FNO3/c1-14(2)16-8-7-15(21)11-17(16)24-13-20(9-6-10-20)12-22-18(23)25-19(3,4)5/h7-8,11,14H,6,9-10,12-13H2,1-5H3,(H,22,23). The molecular formula is C20H30FNO3. The molecule has 0 bridgehead atoms. The van der Waals surface area contributed by atoms with E-state index in [1.807, 2.05) is 20.8 Å². The van der Waals surface area contributed by atoms with Gasteiger partial charge in [0, 0.05) is 18.0 Å². The fraction of sp³-hybridized carbons (Fsp3) is 0.650. The van der Waals surface area contributed by atoms with Crippen LogP contribution in [0.25, 0.3) is 0 Å². The molecule has 1 fully saturated rings. The first-order chi connectivity index (χ1) is 11.6. The predicted molar refractivity (Wildman–Crippen MR) is 96.5 cm³/mol. The molecule has 0 spiro atoms. The van der Waals surface area contributed by atoms with Gasteiger partial charge in [-0.15, -0.1) is 0 Å². The lowest BCUT2D eigenvalue weighted by Crippen LogP contribution is -2.47. The van der Waals surface area contributed by atoms with Crippen molar-refractivity contribution in [3.05, 3.63) is 29.6 Å². The Labute approximate surface area is 150 Å². The van der Waals surface area contributed by atoms with E-state index in [9.17, 15) is 9.18 Å². The summed E-state index contributed by atoms with van der Waals surface area (Å²) in [5, 5.41) is 2.85. The Kier molecular flexibility index (Phi) is 5.96. The Hall–Kier alpha value is -1.78. The van der Waals surface area contributed by atoms with Gasteiger partial charge in [0.1, 0.15) is 17.2 Å². The van der Waals surface area contributed by atoms with E-state index in [2.05, 4.69) is 19.2 Å². The second kappa shape index (κ2) is 7.63. The lowest BCUT2D eigenvalue weighted by atomic mass is 9.69. The van der Waals surface area contributed by atoms with Crippen LogP contribution in [-0.2, 0) is 4.74 Å². The molecule has 2 rings (SSSR count). The highest BCUT2D eigenvalue weighted by Gasteiger charge is 2.38. The summed E-state index contributed by atoms with van der Waals surface area (Å²) in [6.45, 7) is 10.6. The highest BCUT2D eigenvalue weighted by atomic mass is 19.1. The average molecular weight is 351 g/mol. The number of rotatable bonds is 6. The molecule has 25 heavy (non-hydrogen) atoms. The number of carbonyl (C=O) groups excluding carboxylic acids is 1. The van der Waals surface area contributed by atoms with Gasteiger partial charge in [0.2, 0.25) is 0 Å². The molecule has 0 saturated heterocycles. The van der Waals surface area contributed by atoms with E-state index in [0.717, 1.165) is 24.8 Å². The summed E-state index contributed by atoms with van der Waals surface area (Å²) in [5.41, 5.74) is 0.384. The zero-order chi connectivity index (χ0) is 18.7. The second-order valence-electron chi connectivity index (χ2n) is 8.33. The van der Waals surface area contributed by atoms with Gasteiger partial charge >= 0.3 is 6.09 Å². The Morgan fingerprint density at radius 2 is 2.00 bits per heavy atom. The molecule has 1 amide bonds. The van der Waals surface area contributed by atoms with Crippen molar-refractivity contribution in [2.45, 2.75) is 65.4 Å². The van der Waals surface area contributed by atoms with Gasteiger partial charge in [0.05, 0.1) is 6.61 Å². The van der Waals surface area contributed by atoms with Crippen LogP contribution >= 0.6 is 0 Å². The molecule has 0 radical (unpaired) electrons. The van der Waals surface area contributed by atoms with Gasteiger partial charge < -0.3 is 14.8 Å². The Balaban J connectivity index is 1.96. The molecule has 4 nitrogen and oxygen atoms in total. The molecule has 0 atom stereocenters. The first kappa shape index (κ1) is 19.5. The molecule has 0 aliphatic heterocycles. The van der Waals surface area contributed by atoms with E-state index in [1.165, 1.54) is 12.1 Å². The molecule has 1 aromatic rings. The topological polar surface area (TPSA) is 47.6 Å². The molecule has 0 heterocycles. The summed E-state index contributed by atoms with van der Waals surface area (Å²) < 4.78 is 24.9. The molecule has 140 valence electrons. The fourth-order valence-corrected chi connectivity index (χ4v) is 2.96. The third kappa shape index (κ3) is 5.62. The van der Waals surface area contributed by atoms with Crippen molar-refractivity contribution in [2.24, 2.45) is 5.41 Å². The SMILES string of the molecule is CC(C)c1ccc(F)cc1OCC1(CNC(=O)OC(C)(C)C)CCC1. The third-order valence-electron chi connectivity index (χ3n) is 4.55. The minimum Gasteiger partial charge on any atom is -0.493 e. The first-order valence-corrected chi connectivity index (χ1v) is 8.99. The van der Waals surface area contributed by atoms with E-state index in [1.54, 1.807) is 6.07 Å². The van der Waals surface area contributed by atoms with Crippen molar-refractivity contribution in [1.82, 2.24) is 5.32 Å². The van der Waals surface area contributed by atoms with Gasteiger partial charge in [-0.25, -0.2) is 9.18 Å². The van der Waals surface area contributed by atoms with Crippen molar-refractivity contribution in [3.8, 4) is 5.75 Å². The molecule has 1 saturated carbocycles. The van der Waals surface area contributed by atoms with Gasteiger partial charge in [-0.2, -0.15) is 0 Å². The van der Waals surface area contributed by atoms with Crippen LogP contribution in [0.5, 0.6) is 5.75 Å². The maximum atomic E-state index is 13.6. The average Bonchev–Trinajstić information content (AvgIpc) is 2.43. The van der Waals surface area contributed by atoms with Crippen LogP contribution in [0.2, 0.25) is 0 Å². The van der Waals surface area contributed by atoms with Crippen LogP contribution in [0.1, 0.15) is 65.4 Å². The maximum Gasteiger partial charge on any atom is 0.407 e. The smallest absolute Gasteiger partial charge is 0.407 e. The maximum absolute atomic E-state index is 13.6. The van der Waals surface area contributed by atoms with E-state index >= 15 is 0 Å². The van der Waals surface area contributed by atoms with Gasteiger partial charge in [0.25, 0.3) is 0 Å². The van der Waals surface area contributed by atoms with Gasteiger partial charge in [0.15, 0.2) is 0 Å². The number of hydrogen-bond acceptors (Lipinski definition) is 3. The number of carbonyl (C=O) groups is 1. The van der Waals surface area contributed by atoms with E-state index < -0.39 is 11.7 Å². The largest absolute Gasteiger partial charge is 0.493 e. The monoisotopic (exact) mass is 351 g/mol. The highest BCUT2D eigenvalue weighted by molar-refractivity contribution is 5.67. The normalized spacial score (nSPS) is 16.3. The van der Waals surface area contributed by atoms with Crippen LogP contribution in [0.4, 0.5) is 9.18 Å². The molecule has 5 heteroatoms. The number of amides is 1. The molecule has 1 aromatic carbocycles. The summed E-state index contributed by atoms with van der Waals surface area (Å²) in [6.07, 6.45) is 2.66. The first-order valence-electron chi connectivity index (χ1n) is 8.99. The van der Waals surface area contributed by atoms with Crippen molar-refractivity contribution < 1.29 is 18.7 Å². The molecular weight excluding hydrogens is 321 g/mol. The van der Waals surface area contributed by atoms with Crippen molar-refractivity contribution in [2.75, 3.05) is 13.2 Å². The Morgan fingerprint density at radius 3 is 2.52 bits per heavy atom. The zero-order valence-corrected chi connectivity index (χ0v) is 15.9. The van der Waals surface area contributed by atoms with Crippen molar-refractivity contribution in [1.29, 1.82) is 0 Å². The third-order valence-corrected chi connectivity index (χ3v) is 4.55. The molecule has 0 unspecified atom stereocenters. The van der Waals surface area contributed by atoms with Crippen LogP contribution in [0, 0.1) is 11.2 Å². The molecule has 1 aliphatic rings. The minimum absolute atomic E-state index is 0.0997. The van der Waals surface area contributed by atoms with E-state index in [4.69, 9.17) is 9.47 Å². The van der Waals surface area contributed by atoms with Gasteiger partial charge in [-0.05, 0) is 51.2 Å². The summed E-state index contributed by atoms with van der Waals surface area (Å²) >= 11 is 0. The van der Waals surface area contributed by atoms with Crippen LogP contribution < -0.4 is 10.1 Å². The zero-order valence-electron chi connectivity index (χ0n) is 15.9. The Morgan fingerprint density at radius 1 is 1.32 bits per heavy atom. The second-order valence-corrected chi connectivity index (χ2v) is 8.33. The minimum atomic E-state index is -0.513. The van der Waals surface area contributed by atoms with Crippen molar-refractivity contribution >= 4 is 6.09 Å². The molecule has 1 N–H and O–H groups in total. The quantitative estimate of drug-likeness (QED) is 0.782. The number of halogens is 1. The lowest BCUT2D eigenvalue weighted by Gasteiger charge is -2.41. The fourth-order valence-electron chi connectivity index (χ4n) is 2.96. The highest BCUT2D eigenvalue weighted by Crippen LogP contribution is 2.41. The predicted octanol–water partition coefficient (Wildman–Crippen LogP) is 5.02. The van der Waals surface area contributed by atoms with E-state index in [-0.39, 0.29) is 17.2 Å². The van der Waals surface area contributed by atoms with Gasteiger partial charge in [-0.1, -0.05) is 26.3 Å². The number of ether oxygens (including phenoxy) is 2. The summed E-state index contributed by atoms with van der Waals surface area (Å²) in [4.78, 5) is 11.9. The summed E-state index contributed by atoms with van der Waals surface area (Å²) in [7, 11) is 0. The van der Waals surface area contributed by atoms with Crippen LogP contribution in [0.3, 0.4) is 0 Å². The molecule has 1 aliphatic carbocycles. The Bertz CT molecular complexity index is 603. The van der Waals surface area contributed by atoms with E-state index in [0.29, 0.717) is 18.9 Å². The van der Waals surface area contributed by atoms with Crippen LogP contribution in [-0.4, -0.2) is 24.8 Å². The van der Waals surface area contributed by atoms with Gasteiger partial charge in [-0.3, -0.25) is 0 Å². The number of nitrogens with one attached hydrogen (secondary N) is 1. The summed E-state index contributed by atoms with van der Waals surface area (Å²) in [6, 6.07) is 4.69. The van der Waals surface area contributed by atoms with Crippen molar-refractivity contribution in [3.63, 3.8) is 0 Å². The van der Waals surface area contributed by atoms with Crippen LogP contribution in [0.15, 0.2) is 18.2 Å². The summed E-state index contributed by atoms with van der Waals surface area (Å²) in [5.74, 6) is 0.556.